The Morgan fingerprint density at radius 2 is 1.85 bits per heavy atom. The van der Waals surface area contributed by atoms with Crippen LogP contribution in [0.1, 0.15) is 29.5 Å². The summed E-state index contributed by atoms with van der Waals surface area (Å²) in [5, 5.41) is 21.8. The second kappa shape index (κ2) is 8.24. The average Bonchev–Trinajstić information content (AvgIpc) is 3.33. The molecule has 1 aromatic carbocycles. The number of nitrogens with two attached hydrogens (primary N) is 2. The lowest BCUT2D eigenvalue weighted by molar-refractivity contribution is -0.137. The van der Waals surface area contributed by atoms with Crippen molar-refractivity contribution in [3.8, 4) is 0 Å². The zero-order valence-electron chi connectivity index (χ0n) is 18.2. The number of pyridine rings is 1. The lowest BCUT2D eigenvalue weighted by Crippen LogP contribution is -2.43. The van der Waals surface area contributed by atoms with E-state index in [1.807, 2.05) is 4.90 Å². The van der Waals surface area contributed by atoms with Crippen molar-refractivity contribution in [2.75, 3.05) is 22.9 Å². The van der Waals surface area contributed by atoms with Gasteiger partial charge in [-0.1, -0.05) is 12.1 Å². The summed E-state index contributed by atoms with van der Waals surface area (Å²) in [6.07, 6.45) is -2.53. The molecule has 4 atom stereocenters. The van der Waals surface area contributed by atoms with Crippen LogP contribution < -0.4 is 16.4 Å². The number of nitrogens with zero attached hydrogens (tertiary/aromatic N) is 4. The largest absolute Gasteiger partial charge is 0.419 e. The Morgan fingerprint density at radius 1 is 1.06 bits per heavy atom. The molecule has 0 unspecified atom stereocenters. The van der Waals surface area contributed by atoms with Crippen molar-refractivity contribution >= 4 is 28.4 Å². The fourth-order valence-electron chi connectivity index (χ4n) is 5.22. The van der Waals surface area contributed by atoms with Gasteiger partial charge in [0.2, 0.25) is 0 Å². The molecule has 0 radical (unpaired) electrons. The molecule has 8 nitrogen and oxygen atoms in total. The number of aryl methyl sites for hydroxylation is 1. The third-order valence-corrected chi connectivity index (χ3v) is 7.02. The molecule has 1 fully saturated rings. The molecule has 0 amide bonds. The molecule has 3 heterocycles. The van der Waals surface area contributed by atoms with Crippen molar-refractivity contribution in [3.63, 3.8) is 0 Å². The molecular formula is C23H25F3N6O2. The number of benzene rings is 1. The summed E-state index contributed by atoms with van der Waals surface area (Å²) >= 11 is 0. The lowest BCUT2D eigenvalue weighted by atomic mass is 9.95. The van der Waals surface area contributed by atoms with Crippen molar-refractivity contribution in [3.05, 3.63) is 47.3 Å². The van der Waals surface area contributed by atoms with E-state index < -0.39 is 29.8 Å². The Hall–Kier alpha value is -3.18. The lowest BCUT2D eigenvalue weighted by Gasteiger charge is -2.28. The predicted molar refractivity (Wildman–Crippen MR) is 121 cm³/mol. The van der Waals surface area contributed by atoms with Crippen LogP contribution >= 0.6 is 0 Å². The number of fused-ring (bicyclic) bond motifs is 2. The molecule has 6 N–H and O–H groups in total. The van der Waals surface area contributed by atoms with Crippen molar-refractivity contribution in [2.45, 2.75) is 50.1 Å². The van der Waals surface area contributed by atoms with Crippen molar-refractivity contribution < 1.29 is 23.4 Å². The van der Waals surface area contributed by atoms with E-state index in [-0.39, 0.29) is 12.0 Å². The van der Waals surface area contributed by atoms with Gasteiger partial charge in [0.25, 0.3) is 0 Å². The second-order valence-corrected chi connectivity index (χ2v) is 9.03. The van der Waals surface area contributed by atoms with E-state index >= 15 is 0 Å². The smallest absolute Gasteiger partial charge is 0.390 e. The number of alkyl halides is 3. The third kappa shape index (κ3) is 3.88. The summed E-state index contributed by atoms with van der Waals surface area (Å²) in [6.45, 7) is 0.650. The van der Waals surface area contributed by atoms with Crippen LogP contribution in [0.4, 0.5) is 30.6 Å². The molecule has 34 heavy (non-hydrogen) atoms. The van der Waals surface area contributed by atoms with Gasteiger partial charge in [-0.05, 0) is 49.3 Å². The first-order valence-electron chi connectivity index (χ1n) is 11.1. The Morgan fingerprint density at radius 3 is 2.62 bits per heavy atom. The summed E-state index contributed by atoms with van der Waals surface area (Å²) < 4.78 is 39.2. The molecule has 1 aliphatic heterocycles. The maximum absolute atomic E-state index is 13.1. The summed E-state index contributed by atoms with van der Waals surface area (Å²) in [7, 11) is 0. The monoisotopic (exact) mass is 474 g/mol. The number of halogens is 3. The first kappa shape index (κ1) is 22.6. The van der Waals surface area contributed by atoms with Crippen LogP contribution in [-0.2, 0) is 19.0 Å². The maximum atomic E-state index is 13.1. The maximum Gasteiger partial charge on any atom is 0.419 e. The minimum Gasteiger partial charge on any atom is -0.390 e. The van der Waals surface area contributed by atoms with Gasteiger partial charge in [0.15, 0.2) is 0 Å². The Kier molecular flexibility index (Phi) is 5.48. The summed E-state index contributed by atoms with van der Waals surface area (Å²) in [4.78, 5) is 14.3. The SMILES string of the molecule is Nc1nc2cc(CC[C@H]3C[C@@H](N4CCc5c(N)ncnc54)[C@@H](O)[C@H]3O)ccc2cc1C(F)(F)F. The van der Waals surface area contributed by atoms with E-state index in [4.69, 9.17) is 11.5 Å². The zero-order chi connectivity index (χ0) is 24.2. The highest BCUT2D eigenvalue weighted by Crippen LogP contribution is 2.39. The summed E-state index contributed by atoms with van der Waals surface area (Å²) in [5.41, 5.74) is 12.7. The zero-order valence-corrected chi connectivity index (χ0v) is 18.2. The number of aliphatic hydroxyl groups is 2. The van der Waals surface area contributed by atoms with E-state index in [0.717, 1.165) is 17.2 Å². The van der Waals surface area contributed by atoms with Crippen LogP contribution in [0.2, 0.25) is 0 Å². The number of aromatic nitrogens is 3. The minimum absolute atomic E-state index is 0.149. The highest BCUT2D eigenvalue weighted by atomic mass is 19.4. The van der Waals surface area contributed by atoms with Gasteiger partial charge in [0, 0.05) is 17.5 Å². The van der Waals surface area contributed by atoms with Gasteiger partial charge in [-0.15, -0.1) is 0 Å². The molecule has 11 heteroatoms. The molecule has 0 saturated heterocycles. The molecule has 5 rings (SSSR count). The highest BCUT2D eigenvalue weighted by Gasteiger charge is 2.45. The minimum atomic E-state index is -4.56. The second-order valence-electron chi connectivity index (χ2n) is 9.03. The number of rotatable bonds is 4. The molecule has 1 saturated carbocycles. The van der Waals surface area contributed by atoms with E-state index in [9.17, 15) is 23.4 Å². The Bertz CT molecular complexity index is 1240. The molecule has 0 spiro atoms. The van der Waals surface area contributed by atoms with Crippen molar-refractivity contribution in [1.29, 1.82) is 0 Å². The van der Waals surface area contributed by atoms with Gasteiger partial charge in [0.05, 0.1) is 23.2 Å². The van der Waals surface area contributed by atoms with Gasteiger partial charge in [0.1, 0.15) is 29.9 Å². The predicted octanol–water partition coefficient (Wildman–Crippen LogP) is 2.31. The molecule has 3 aromatic rings. The Labute approximate surface area is 193 Å². The molecule has 1 aliphatic carbocycles. The quantitative estimate of drug-likeness (QED) is 0.453. The van der Waals surface area contributed by atoms with Crippen LogP contribution in [0.25, 0.3) is 10.9 Å². The standard InChI is InChI=1S/C23H25F3N6O2/c24-23(25,26)15-8-12-3-1-11(7-16(12)31-21(15)28)2-4-13-9-17(19(34)18(13)33)32-6-5-14-20(27)29-10-30-22(14)32/h1,3,7-8,10,13,17-19,33-34H,2,4-6,9H2,(H2,28,31)(H2,27,29,30)/t13-,17+,18-,19+/m0/s1. The number of anilines is 3. The van der Waals surface area contributed by atoms with E-state index in [1.54, 1.807) is 18.2 Å². The van der Waals surface area contributed by atoms with Crippen LogP contribution in [0.5, 0.6) is 0 Å². The van der Waals surface area contributed by atoms with Crippen molar-refractivity contribution in [2.24, 2.45) is 5.92 Å². The molecular weight excluding hydrogens is 449 g/mol. The highest BCUT2D eigenvalue weighted by molar-refractivity contribution is 5.82. The molecule has 0 bridgehead atoms. The average molecular weight is 474 g/mol. The normalized spacial score (nSPS) is 24.7. The van der Waals surface area contributed by atoms with Gasteiger partial charge in [-0.2, -0.15) is 13.2 Å². The van der Waals surface area contributed by atoms with Crippen LogP contribution in [0.3, 0.4) is 0 Å². The van der Waals surface area contributed by atoms with Gasteiger partial charge in [-0.25, -0.2) is 15.0 Å². The van der Waals surface area contributed by atoms with E-state index in [0.29, 0.717) is 54.8 Å². The first-order chi connectivity index (χ1) is 16.1. The summed E-state index contributed by atoms with van der Waals surface area (Å²) in [6, 6.07) is 5.80. The van der Waals surface area contributed by atoms with Crippen LogP contribution in [-0.4, -0.2) is 50.0 Å². The van der Waals surface area contributed by atoms with Gasteiger partial charge >= 0.3 is 6.18 Å². The number of hydrogen-bond donors (Lipinski definition) is 4. The van der Waals surface area contributed by atoms with Gasteiger partial charge in [-0.3, -0.25) is 0 Å². The number of hydrogen-bond acceptors (Lipinski definition) is 8. The Balaban J connectivity index is 1.30. The molecule has 180 valence electrons. The molecule has 2 aromatic heterocycles. The van der Waals surface area contributed by atoms with E-state index in [2.05, 4.69) is 15.0 Å². The summed E-state index contributed by atoms with van der Waals surface area (Å²) in [5.74, 6) is 0.444. The van der Waals surface area contributed by atoms with Gasteiger partial charge < -0.3 is 26.6 Å². The number of aliphatic hydroxyl groups excluding tert-OH is 2. The number of nitrogen functional groups attached to an aromatic ring is 2. The van der Waals surface area contributed by atoms with Crippen LogP contribution in [0, 0.1) is 5.92 Å². The third-order valence-electron chi connectivity index (χ3n) is 7.02. The van der Waals surface area contributed by atoms with Crippen molar-refractivity contribution in [1.82, 2.24) is 15.0 Å². The van der Waals surface area contributed by atoms with Crippen LogP contribution in [0.15, 0.2) is 30.6 Å². The van der Waals surface area contributed by atoms with E-state index in [1.165, 1.54) is 6.33 Å². The molecule has 2 aliphatic rings. The fourth-order valence-corrected chi connectivity index (χ4v) is 5.22. The fraction of sp³-hybridized carbons (Fsp3) is 0.435. The first-order valence-corrected chi connectivity index (χ1v) is 11.1. The topological polar surface area (TPSA) is 134 Å².